The van der Waals surface area contributed by atoms with Crippen molar-refractivity contribution >= 4 is 15.8 Å². The standard InChI is InChI=1S/C6H12O4S/c1-4-6(10-5(2)7)11(3,8)9/h6H,4H2,1-3H3. The molecule has 0 bridgehead atoms. The van der Waals surface area contributed by atoms with E-state index in [1.165, 1.54) is 6.92 Å². The van der Waals surface area contributed by atoms with Crippen LogP contribution in [-0.4, -0.2) is 26.1 Å². The predicted molar refractivity (Wildman–Crippen MR) is 40.7 cm³/mol. The molecular formula is C6H12O4S. The fourth-order valence-corrected chi connectivity index (χ4v) is 1.57. The van der Waals surface area contributed by atoms with E-state index >= 15 is 0 Å². The Hall–Kier alpha value is -0.580. The first-order valence-electron chi connectivity index (χ1n) is 3.24. The lowest BCUT2D eigenvalue weighted by molar-refractivity contribution is -0.142. The summed E-state index contributed by atoms with van der Waals surface area (Å²) in [6.07, 6.45) is 1.34. The molecule has 0 radical (unpaired) electrons. The van der Waals surface area contributed by atoms with Crippen LogP contribution in [0.25, 0.3) is 0 Å². The molecule has 11 heavy (non-hydrogen) atoms. The topological polar surface area (TPSA) is 60.4 Å². The molecule has 0 saturated heterocycles. The highest BCUT2D eigenvalue weighted by Crippen LogP contribution is 2.05. The van der Waals surface area contributed by atoms with Gasteiger partial charge in [-0.05, 0) is 6.42 Å². The fraction of sp³-hybridized carbons (Fsp3) is 0.833. The van der Waals surface area contributed by atoms with Crippen molar-refractivity contribution in [2.24, 2.45) is 0 Å². The second kappa shape index (κ2) is 3.71. The van der Waals surface area contributed by atoms with Crippen molar-refractivity contribution in [1.82, 2.24) is 0 Å². The zero-order valence-corrected chi connectivity index (χ0v) is 7.64. The van der Waals surface area contributed by atoms with E-state index in [1.54, 1.807) is 6.92 Å². The van der Waals surface area contributed by atoms with E-state index in [9.17, 15) is 13.2 Å². The minimum Gasteiger partial charge on any atom is -0.446 e. The number of ether oxygens (including phenoxy) is 1. The molecular weight excluding hydrogens is 168 g/mol. The van der Waals surface area contributed by atoms with Crippen LogP contribution in [0.5, 0.6) is 0 Å². The highest BCUT2D eigenvalue weighted by atomic mass is 32.2. The largest absolute Gasteiger partial charge is 0.446 e. The maximum absolute atomic E-state index is 10.8. The van der Waals surface area contributed by atoms with Crippen LogP contribution in [0.1, 0.15) is 20.3 Å². The van der Waals surface area contributed by atoms with E-state index in [0.29, 0.717) is 6.42 Å². The average Bonchev–Trinajstić information content (AvgIpc) is 1.79. The SMILES string of the molecule is CCC(OC(C)=O)S(C)(=O)=O. The molecule has 0 aliphatic carbocycles. The van der Waals surface area contributed by atoms with Crippen LogP contribution >= 0.6 is 0 Å². The van der Waals surface area contributed by atoms with Crippen molar-refractivity contribution in [1.29, 1.82) is 0 Å². The third-order valence-electron chi connectivity index (χ3n) is 1.11. The summed E-state index contributed by atoms with van der Waals surface area (Å²) in [6.45, 7) is 2.84. The molecule has 0 N–H and O–H groups in total. The lowest BCUT2D eigenvalue weighted by Gasteiger charge is -2.11. The Kier molecular flexibility index (Phi) is 3.51. The first-order chi connectivity index (χ1) is 4.88. The maximum Gasteiger partial charge on any atom is 0.303 e. The van der Waals surface area contributed by atoms with Gasteiger partial charge in [0.25, 0.3) is 0 Å². The van der Waals surface area contributed by atoms with Gasteiger partial charge in [0, 0.05) is 13.2 Å². The minimum atomic E-state index is -3.25. The zero-order valence-electron chi connectivity index (χ0n) is 6.83. The summed E-state index contributed by atoms with van der Waals surface area (Å²) in [5.41, 5.74) is -0.986. The number of rotatable bonds is 3. The van der Waals surface area contributed by atoms with Gasteiger partial charge in [-0.15, -0.1) is 0 Å². The summed E-state index contributed by atoms with van der Waals surface area (Å²) < 4.78 is 26.2. The molecule has 0 saturated carbocycles. The lowest BCUT2D eigenvalue weighted by atomic mass is 10.5. The van der Waals surface area contributed by atoms with Crippen LogP contribution in [0.3, 0.4) is 0 Å². The summed E-state index contributed by atoms with van der Waals surface area (Å²) in [4.78, 5) is 10.4. The summed E-state index contributed by atoms with van der Waals surface area (Å²) in [6, 6.07) is 0. The molecule has 0 aromatic carbocycles. The molecule has 1 unspecified atom stereocenters. The summed E-state index contributed by atoms with van der Waals surface area (Å²) in [7, 11) is -3.25. The molecule has 1 atom stereocenters. The van der Waals surface area contributed by atoms with Gasteiger partial charge in [0.2, 0.25) is 5.44 Å². The molecule has 5 heteroatoms. The van der Waals surface area contributed by atoms with E-state index in [0.717, 1.165) is 6.26 Å². The van der Waals surface area contributed by atoms with Crippen molar-refractivity contribution in [3.05, 3.63) is 0 Å². The third kappa shape index (κ3) is 3.98. The number of hydrogen-bond donors (Lipinski definition) is 0. The second-order valence-electron chi connectivity index (χ2n) is 2.28. The molecule has 0 aromatic rings. The Labute approximate surface area is 66.5 Å². The van der Waals surface area contributed by atoms with Crippen molar-refractivity contribution < 1.29 is 17.9 Å². The number of carbonyl (C=O) groups is 1. The van der Waals surface area contributed by atoms with Gasteiger partial charge in [-0.1, -0.05) is 6.92 Å². The highest BCUT2D eigenvalue weighted by Gasteiger charge is 2.20. The third-order valence-corrected chi connectivity index (χ3v) is 2.49. The number of hydrogen-bond acceptors (Lipinski definition) is 4. The van der Waals surface area contributed by atoms with Crippen LogP contribution in [0.15, 0.2) is 0 Å². The Bertz CT molecular complexity index is 229. The van der Waals surface area contributed by atoms with Crippen LogP contribution < -0.4 is 0 Å². The second-order valence-corrected chi connectivity index (χ2v) is 4.46. The Morgan fingerprint density at radius 1 is 1.55 bits per heavy atom. The molecule has 4 nitrogen and oxygen atoms in total. The molecule has 66 valence electrons. The van der Waals surface area contributed by atoms with Gasteiger partial charge in [-0.2, -0.15) is 0 Å². The summed E-state index contributed by atoms with van der Waals surface area (Å²) in [5, 5.41) is 0. The normalized spacial score (nSPS) is 14.1. The molecule has 0 rings (SSSR count). The summed E-state index contributed by atoms with van der Waals surface area (Å²) >= 11 is 0. The van der Waals surface area contributed by atoms with Crippen LogP contribution in [0.4, 0.5) is 0 Å². The number of esters is 1. The smallest absolute Gasteiger partial charge is 0.303 e. The van der Waals surface area contributed by atoms with Gasteiger partial charge in [-0.25, -0.2) is 8.42 Å². The van der Waals surface area contributed by atoms with E-state index in [-0.39, 0.29) is 0 Å². The summed E-state index contributed by atoms with van der Waals surface area (Å²) in [5.74, 6) is -0.567. The molecule has 0 fully saturated rings. The van der Waals surface area contributed by atoms with Gasteiger partial charge in [0.1, 0.15) is 0 Å². The quantitative estimate of drug-likeness (QED) is 0.587. The van der Waals surface area contributed by atoms with Crippen molar-refractivity contribution in [3.63, 3.8) is 0 Å². The molecule has 0 heterocycles. The average molecular weight is 180 g/mol. The van der Waals surface area contributed by atoms with Crippen molar-refractivity contribution in [2.45, 2.75) is 25.7 Å². The van der Waals surface area contributed by atoms with Gasteiger partial charge in [0.15, 0.2) is 9.84 Å². The van der Waals surface area contributed by atoms with Crippen LogP contribution in [0, 0.1) is 0 Å². The Balaban J connectivity index is 4.31. The molecule has 0 aliphatic rings. The van der Waals surface area contributed by atoms with E-state index in [1.807, 2.05) is 0 Å². The van der Waals surface area contributed by atoms with Gasteiger partial charge >= 0.3 is 5.97 Å². The first-order valence-corrected chi connectivity index (χ1v) is 5.19. The Morgan fingerprint density at radius 3 is 2.09 bits per heavy atom. The lowest BCUT2D eigenvalue weighted by Crippen LogP contribution is -2.24. The van der Waals surface area contributed by atoms with Crippen molar-refractivity contribution in [3.8, 4) is 0 Å². The highest BCUT2D eigenvalue weighted by molar-refractivity contribution is 7.91. The molecule has 0 aliphatic heterocycles. The maximum atomic E-state index is 10.8. The van der Waals surface area contributed by atoms with Crippen LogP contribution in [0.2, 0.25) is 0 Å². The zero-order chi connectivity index (χ0) is 9.07. The van der Waals surface area contributed by atoms with Gasteiger partial charge < -0.3 is 4.74 Å². The first kappa shape index (κ1) is 10.4. The van der Waals surface area contributed by atoms with Crippen molar-refractivity contribution in [2.75, 3.05) is 6.26 Å². The monoisotopic (exact) mass is 180 g/mol. The van der Waals surface area contributed by atoms with Gasteiger partial charge in [-0.3, -0.25) is 4.79 Å². The Morgan fingerprint density at radius 2 is 2.00 bits per heavy atom. The van der Waals surface area contributed by atoms with E-state index in [4.69, 9.17) is 0 Å². The molecule has 0 aromatic heterocycles. The molecule has 0 amide bonds. The van der Waals surface area contributed by atoms with E-state index in [2.05, 4.69) is 4.74 Å². The molecule has 0 spiro atoms. The van der Waals surface area contributed by atoms with Gasteiger partial charge in [0.05, 0.1) is 0 Å². The fourth-order valence-electron chi connectivity index (χ4n) is 0.659. The minimum absolute atomic E-state index is 0.290. The van der Waals surface area contributed by atoms with Crippen LogP contribution in [-0.2, 0) is 19.4 Å². The van der Waals surface area contributed by atoms with E-state index < -0.39 is 21.2 Å². The predicted octanol–water partition coefficient (Wildman–Crippen LogP) is 0.330. The number of sulfone groups is 1. The number of carbonyl (C=O) groups excluding carboxylic acids is 1.